The van der Waals surface area contributed by atoms with Crippen LogP contribution in [0.3, 0.4) is 0 Å². The Morgan fingerprint density at radius 1 is 1.33 bits per heavy atom. The molecule has 1 aliphatic rings. The molecular weight excluding hydrogens is 284 g/mol. The van der Waals surface area contributed by atoms with Crippen LogP contribution in [0.25, 0.3) is 0 Å². The summed E-state index contributed by atoms with van der Waals surface area (Å²) in [6.07, 6.45) is 2.30. The number of nitrogens with one attached hydrogen (secondary N) is 1. The SMILES string of the molecule is CNCc1ccc(C)c(S(=O)(=O)N(CC2CC2)C(C)C)c1. The monoisotopic (exact) mass is 310 g/mol. The van der Waals surface area contributed by atoms with E-state index in [1.807, 2.05) is 46.0 Å². The van der Waals surface area contributed by atoms with Gasteiger partial charge in [0, 0.05) is 19.1 Å². The average Bonchev–Trinajstić information content (AvgIpc) is 3.22. The van der Waals surface area contributed by atoms with Crippen LogP contribution in [0, 0.1) is 12.8 Å². The fourth-order valence-corrected chi connectivity index (χ4v) is 4.49. The smallest absolute Gasteiger partial charge is 0.243 e. The van der Waals surface area contributed by atoms with E-state index < -0.39 is 10.0 Å². The highest BCUT2D eigenvalue weighted by atomic mass is 32.2. The van der Waals surface area contributed by atoms with E-state index in [4.69, 9.17) is 0 Å². The summed E-state index contributed by atoms with van der Waals surface area (Å²) in [6, 6.07) is 5.67. The maximum absolute atomic E-state index is 13.0. The fourth-order valence-electron chi connectivity index (χ4n) is 2.50. The largest absolute Gasteiger partial charge is 0.316 e. The first-order valence-corrected chi connectivity index (χ1v) is 9.06. The van der Waals surface area contributed by atoms with E-state index in [1.54, 1.807) is 4.31 Å². The summed E-state index contributed by atoms with van der Waals surface area (Å²) < 4.78 is 27.7. The van der Waals surface area contributed by atoms with Crippen LogP contribution in [0.4, 0.5) is 0 Å². The van der Waals surface area contributed by atoms with Gasteiger partial charge in [0.2, 0.25) is 10.0 Å². The molecule has 1 saturated carbocycles. The fraction of sp³-hybridized carbons (Fsp3) is 0.625. The van der Waals surface area contributed by atoms with Gasteiger partial charge in [-0.1, -0.05) is 12.1 Å². The van der Waals surface area contributed by atoms with Crippen molar-refractivity contribution >= 4 is 10.0 Å². The molecule has 2 rings (SSSR count). The molecule has 0 aromatic heterocycles. The quantitative estimate of drug-likeness (QED) is 0.842. The molecule has 0 radical (unpaired) electrons. The number of nitrogens with zero attached hydrogens (tertiary/aromatic N) is 1. The number of hydrogen-bond donors (Lipinski definition) is 1. The minimum Gasteiger partial charge on any atom is -0.316 e. The predicted molar refractivity (Wildman–Crippen MR) is 85.7 cm³/mol. The standard InChI is InChI=1S/C16H26N2O2S/c1-12(2)18(11-14-7-8-14)21(19,20)16-9-15(10-17-4)6-5-13(16)3/h5-6,9,12,14,17H,7-8,10-11H2,1-4H3. The van der Waals surface area contributed by atoms with Crippen molar-refractivity contribution < 1.29 is 8.42 Å². The molecule has 118 valence electrons. The lowest BCUT2D eigenvalue weighted by Crippen LogP contribution is -2.38. The van der Waals surface area contributed by atoms with Gasteiger partial charge in [0.15, 0.2) is 0 Å². The zero-order chi connectivity index (χ0) is 15.6. The lowest BCUT2D eigenvalue weighted by atomic mass is 10.1. The molecule has 1 aliphatic carbocycles. The summed E-state index contributed by atoms with van der Waals surface area (Å²) in [7, 11) is -1.56. The van der Waals surface area contributed by atoms with Crippen LogP contribution in [0.5, 0.6) is 0 Å². The molecule has 0 spiro atoms. The Labute approximate surface area is 128 Å². The third kappa shape index (κ3) is 3.84. The Kier molecular flexibility index (Phi) is 5.07. The van der Waals surface area contributed by atoms with E-state index in [9.17, 15) is 8.42 Å². The molecule has 0 unspecified atom stereocenters. The van der Waals surface area contributed by atoms with Gasteiger partial charge >= 0.3 is 0 Å². The third-order valence-corrected chi connectivity index (χ3v) is 6.11. The maximum Gasteiger partial charge on any atom is 0.243 e. The molecule has 0 bridgehead atoms. The zero-order valence-electron chi connectivity index (χ0n) is 13.4. The normalized spacial score (nSPS) is 15.9. The van der Waals surface area contributed by atoms with Gasteiger partial charge in [-0.25, -0.2) is 8.42 Å². The Morgan fingerprint density at radius 2 is 2.00 bits per heavy atom. The molecule has 1 aromatic rings. The summed E-state index contributed by atoms with van der Waals surface area (Å²) >= 11 is 0. The van der Waals surface area contributed by atoms with Gasteiger partial charge < -0.3 is 5.32 Å². The molecule has 0 heterocycles. The van der Waals surface area contributed by atoms with E-state index in [0.717, 1.165) is 24.0 Å². The van der Waals surface area contributed by atoms with Crippen LogP contribution >= 0.6 is 0 Å². The second-order valence-electron chi connectivity index (χ2n) is 6.24. The highest BCUT2D eigenvalue weighted by Gasteiger charge is 2.34. The second kappa shape index (κ2) is 6.46. The van der Waals surface area contributed by atoms with Crippen molar-refractivity contribution in [3.05, 3.63) is 29.3 Å². The molecule has 4 nitrogen and oxygen atoms in total. The lowest BCUT2D eigenvalue weighted by molar-refractivity contribution is 0.341. The Hall–Kier alpha value is -0.910. The zero-order valence-corrected chi connectivity index (χ0v) is 14.2. The number of aryl methyl sites for hydroxylation is 1. The molecule has 5 heteroatoms. The van der Waals surface area contributed by atoms with E-state index in [-0.39, 0.29) is 6.04 Å². The summed E-state index contributed by atoms with van der Waals surface area (Å²) in [5.74, 6) is 0.544. The first kappa shape index (κ1) is 16.5. The van der Waals surface area contributed by atoms with Gasteiger partial charge in [-0.15, -0.1) is 0 Å². The molecular formula is C16H26N2O2S. The van der Waals surface area contributed by atoms with Crippen LogP contribution < -0.4 is 5.32 Å². The Bertz CT molecular complexity index is 592. The summed E-state index contributed by atoms with van der Waals surface area (Å²) in [4.78, 5) is 0.449. The van der Waals surface area contributed by atoms with Crippen LogP contribution in [0.15, 0.2) is 23.1 Å². The van der Waals surface area contributed by atoms with Crippen molar-refractivity contribution in [1.82, 2.24) is 9.62 Å². The van der Waals surface area contributed by atoms with Crippen molar-refractivity contribution in [2.75, 3.05) is 13.6 Å². The molecule has 0 amide bonds. The topological polar surface area (TPSA) is 49.4 Å². The van der Waals surface area contributed by atoms with Crippen molar-refractivity contribution in [3.63, 3.8) is 0 Å². The molecule has 1 fully saturated rings. The highest BCUT2D eigenvalue weighted by Crippen LogP contribution is 2.33. The number of sulfonamides is 1. The van der Waals surface area contributed by atoms with Crippen LogP contribution in [0.1, 0.15) is 37.8 Å². The predicted octanol–water partition coefficient (Wildman–Crippen LogP) is 2.52. The van der Waals surface area contributed by atoms with Gasteiger partial charge in [0.1, 0.15) is 0 Å². The average molecular weight is 310 g/mol. The third-order valence-electron chi connectivity index (χ3n) is 3.93. The van der Waals surface area contributed by atoms with E-state index in [2.05, 4.69) is 5.32 Å². The van der Waals surface area contributed by atoms with Crippen LogP contribution in [0.2, 0.25) is 0 Å². The van der Waals surface area contributed by atoms with Crippen molar-refractivity contribution in [2.24, 2.45) is 5.92 Å². The van der Waals surface area contributed by atoms with Crippen LogP contribution in [-0.2, 0) is 16.6 Å². The van der Waals surface area contributed by atoms with Crippen molar-refractivity contribution in [3.8, 4) is 0 Å². The van der Waals surface area contributed by atoms with Gasteiger partial charge in [-0.05, 0) is 63.8 Å². The number of benzene rings is 1. The van der Waals surface area contributed by atoms with E-state index in [0.29, 0.717) is 23.9 Å². The van der Waals surface area contributed by atoms with Crippen molar-refractivity contribution in [1.29, 1.82) is 0 Å². The van der Waals surface area contributed by atoms with Gasteiger partial charge in [0.25, 0.3) is 0 Å². The summed E-state index contributed by atoms with van der Waals surface area (Å²) in [6.45, 7) is 7.09. The highest BCUT2D eigenvalue weighted by molar-refractivity contribution is 7.89. The molecule has 1 aromatic carbocycles. The van der Waals surface area contributed by atoms with E-state index >= 15 is 0 Å². The Balaban J connectivity index is 2.38. The molecule has 1 N–H and O–H groups in total. The number of rotatable bonds is 7. The van der Waals surface area contributed by atoms with Crippen LogP contribution in [-0.4, -0.2) is 32.4 Å². The first-order chi connectivity index (χ1) is 9.86. The molecule has 0 saturated heterocycles. The molecule has 21 heavy (non-hydrogen) atoms. The van der Waals surface area contributed by atoms with Gasteiger partial charge in [-0.2, -0.15) is 4.31 Å². The molecule has 0 atom stereocenters. The minimum atomic E-state index is -3.42. The summed E-state index contributed by atoms with van der Waals surface area (Å²) in [5.41, 5.74) is 1.81. The number of hydrogen-bond acceptors (Lipinski definition) is 3. The van der Waals surface area contributed by atoms with E-state index in [1.165, 1.54) is 0 Å². The minimum absolute atomic E-state index is 0.0112. The second-order valence-corrected chi connectivity index (χ2v) is 8.10. The first-order valence-electron chi connectivity index (χ1n) is 7.62. The van der Waals surface area contributed by atoms with Crippen molar-refractivity contribution in [2.45, 2.75) is 51.1 Å². The summed E-state index contributed by atoms with van der Waals surface area (Å²) in [5, 5.41) is 3.07. The molecule has 0 aliphatic heterocycles. The van der Waals surface area contributed by atoms with Gasteiger partial charge in [0.05, 0.1) is 4.90 Å². The van der Waals surface area contributed by atoms with Gasteiger partial charge in [-0.3, -0.25) is 0 Å². The maximum atomic E-state index is 13.0. The Morgan fingerprint density at radius 3 is 2.52 bits per heavy atom. The lowest BCUT2D eigenvalue weighted by Gasteiger charge is -2.27.